The van der Waals surface area contributed by atoms with Crippen molar-refractivity contribution in [1.82, 2.24) is 9.78 Å². The lowest BCUT2D eigenvalue weighted by atomic mass is 10.1. The molecule has 1 heterocycles. The number of anilines is 1. The van der Waals surface area contributed by atoms with E-state index in [-0.39, 0.29) is 22.8 Å². The van der Waals surface area contributed by atoms with E-state index >= 15 is 0 Å². The van der Waals surface area contributed by atoms with E-state index in [9.17, 15) is 13.2 Å². The molecule has 0 saturated carbocycles. The summed E-state index contributed by atoms with van der Waals surface area (Å²) in [6.45, 7) is 0. The van der Waals surface area contributed by atoms with Crippen LogP contribution in [0, 0.1) is 17.5 Å². The number of aromatic nitrogens is 2. The molecular formula is C15H10F3N3. The summed E-state index contributed by atoms with van der Waals surface area (Å²) < 4.78 is 41.4. The van der Waals surface area contributed by atoms with Crippen molar-refractivity contribution < 1.29 is 13.2 Å². The lowest BCUT2D eigenvalue weighted by Gasteiger charge is -2.02. The Labute approximate surface area is 118 Å². The van der Waals surface area contributed by atoms with Gasteiger partial charge in [-0.05, 0) is 36.4 Å². The number of hydrogen-bond donors (Lipinski definition) is 1. The van der Waals surface area contributed by atoms with Crippen LogP contribution in [0.2, 0.25) is 0 Å². The van der Waals surface area contributed by atoms with Crippen LogP contribution < -0.4 is 5.73 Å². The van der Waals surface area contributed by atoms with E-state index in [4.69, 9.17) is 5.73 Å². The molecule has 3 aromatic rings. The minimum atomic E-state index is -1.01. The third-order valence-corrected chi connectivity index (χ3v) is 3.04. The summed E-state index contributed by atoms with van der Waals surface area (Å²) in [5.74, 6) is -2.35. The summed E-state index contributed by atoms with van der Waals surface area (Å²) in [4.78, 5) is 0. The van der Waals surface area contributed by atoms with Gasteiger partial charge < -0.3 is 5.73 Å². The molecule has 0 fully saturated rings. The molecule has 1 aromatic heterocycles. The number of nitrogens with zero attached hydrogens (tertiary/aromatic N) is 2. The average Bonchev–Trinajstić information content (AvgIpc) is 2.84. The molecular weight excluding hydrogens is 279 g/mol. The Bertz CT molecular complexity index is 794. The fourth-order valence-corrected chi connectivity index (χ4v) is 2.01. The topological polar surface area (TPSA) is 43.8 Å². The van der Waals surface area contributed by atoms with Crippen LogP contribution in [0.15, 0.2) is 48.7 Å². The molecule has 106 valence electrons. The standard InChI is InChI=1S/C15H10F3N3/c16-9-4-6-10(7-5-9)21-8-13(19)15(20-21)11-2-1-3-12(17)14(11)18/h1-8H,19H2. The van der Waals surface area contributed by atoms with E-state index in [1.165, 1.54) is 47.3 Å². The zero-order chi connectivity index (χ0) is 15.0. The van der Waals surface area contributed by atoms with Crippen molar-refractivity contribution in [3.05, 3.63) is 66.1 Å². The van der Waals surface area contributed by atoms with Crippen molar-refractivity contribution in [2.45, 2.75) is 0 Å². The van der Waals surface area contributed by atoms with E-state index < -0.39 is 11.6 Å². The van der Waals surface area contributed by atoms with E-state index in [1.54, 1.807) is 0 Å². The fourth-order valence-electron chi connectivity index (χ4n) is 2.01. The first-order valence-electron chi connectivity index (χ1n) is 6.12. The highest BCUT2D eigenvalue weighted by Crippen LogP contribution is 2.28. The van der Waals surface area contributed by atoms with Crippen molar-refractivity contribution in [2.24, 2.45) is 0 Å². The Balaban J connectivity index is 2.10. The van der Waals surface area contributed by atoms with Crippen LogP contribution in [0.3, 0.4) is 0 Å². The van der Waals surface area contributed by atoms with Gasteiger partial charge >= 0.3 is 0 Å². The molecule has 0 aliphatic rings. The quantitative estimate of drug-likeness (QED) is 0.784. The number of halogens is 3. The molecule has 0 spiro atoms. The second-order valence-electron chi connectivity index (χ2n) is 4.46. The molecule has 3 nitrogen and oxygen atoms in total. The molecule has 2 aromatic carbocycles. The number of hydrogen-bond acceptors (Lipinski definition) is 2. The highest BCUT2D eigenvalue weighted by Gasteiger charge is 2.16. The number of rotatable bonds is 2. The first kappa shape index (κ1) is 13.2. The van der Waals surface area contributed by atoms with Crippen LogP contribution >= 0.6 is 0 Å². The van der Waals surface area contributed by atoms with Crippen LogP contribution in [0.1, 0.15) is 0 Å². The summed E-state index contributed by atoms with van der Waals surface area (Å²) in [7, 11) is 0. The molecule has 0 bridgehead atoms. The minimum Gasteiger partial charge on any atom is -0.396 e. The number of nitrogen functional groups attached to an aromatic ring is 1. The van der Waals surface area contributed by atoms with Gasteiger partial charge in [0.15, 0.2) is 11.6 Å². The molecule has 0 aliphatic carbocycles. The minimum absolute atomic E-state index is 0.0200. The zero-order valence-corrected chi connectivity index (χ0v) is 10.7. The van der Waals surface area contributed by atoms with Crippen molar-refractivity contribution in [2.75, 3.05) is 5.73 Å². The van der Waals surface area contributed by atoms with Crippen molar-refractivity contribution >= 4 is 5.69 Å². The molecule has 21 heavy (non-hydrogen) atoms. The van der Waals surface area contributed by atoms with Gasteiger partial charge in [0.1, 0.15) is 11.5 Å². The normalized spacial score (nSPS) is 10.8. The van der Waals surface area contributed by atoms with Gasteiger partial charge in [-0.1, -0.05) is 6.07 Å². The van der Waals surface area contributed by atoms with E-state index in [0.29, 0.717) is 5.69 Å². The smallest absolute Gasteiger partial charge is 0.168 e. The van der Waals surface area contributed by atoms with Gasteiger partial charge in [0.05, 0.1) is 17.6 Å². The summed E-state index contributed by atoms with van der Waals surface area (Å²) in [5.41, 5.74) is 6.69. The van der Waals surface area contributed by atoms with Gasteiger partial charge in [-0.2, -0.15) is 5.10 Å². The van der Waals surface area contributed by atoms with Crippen LogP contribution in [-0.2, 0) is 0 Å². The molecule has 3 rings (SSSR count). The molecule has 0 atom stereocenters. The van der Waals surface area contributed by atoms with Crippen molar-refractivity contribution in [1.29, 1.82) is 0 Å². The SMILES string of the molecule is Nc1cn(-c2ccc(F)cc2)nc1-c1cccc(F)c1F. The van der Waals surface area contributed by atoms with Gasteiger partial charge in [0, 0.05) is 5.56 Å². The maximum absolute atomic E-state index is 13.8. The molecule has 2 N–H and O–H groups in total. The van der Waals surface area contributed by atoms with Gasteiger partial charge in [0.25, 0.3) is 0 Å². The summed E-state index contributed by atoms with van der Waals surface area (Å²) in [6.07, 6.45) is 1.47. The summed E-state index contributed by atoms with van der Waals surface area (Å²) in [6, 6.07) is 9.36. The van der Waals surface area contributed by atoms with Crippen molar-refractivity contribution in [3.8, 4) is 16.9 Å². The maximum atomic E-state index is 13.8. The van der Waals surface area contributed by atoms with Gasteiger partial charge in [-0.3, -0.25) is 0 Å². The highest BCUT2D eigenvalue weighted by atomic mass is 19.2. The molecule has 0 saturated heterocycles. The highest BCUT2D eigenvalue weighted by molar-refractivity contribution is 5.73. The van der Waals surface area contributed by atoms with Crippen LogP contribution in [0.25, 0.3) is 16.9 Å². The predicted molar refractivity (Wildman–Crippen MR) is 73.3 cm³/mol. The second-order valence-corrected chi connectivity index (χ2v) is 4.46. The summed E-state index contributed by atoms with van der Waals surface area (Å²) >= 11 is 0. The Hall–Kier alpha value is -2.76. The van der Waals surface area contributed by atoms with Gasteiger partial charge in [-0.25, -0.2) is 17.9 Å². The average molecular weight is 289 g/mol. The summed E-state index contributed by atoms with van der Waals surface area (Å²) in [5, 5.41) is 4.14. The Morgan fingerprint density at radius 2 is 1.67 bits per heavy atom. The third kappa shape index (κ3) is 2.35. The van der Waals surface area contributed by atoms with E-state index in [2.05, 4.69) is 5.10 Å². The third-order valence-electron chi connectivity index (χ3n) is 3.04. The Kier molecular flexibility index (Phi) is 3.13. The second kappa shape index (κ2) is 4.97. The Morgan fingerprint density at radius 3 is 2.38 bits per heavy atom. The van der Waals surface area contributed by atoms with Crippen molar-refractivity contribution in [3.63, 3.8) is 0 Å². The molecule has 0 aliphatic heterocycles. The first-order chi connectivity index (χ1) is 10.1. The van der Waals surface area contributed by atoms with Crippen LogP contribution in [-0.4, -0.2) is 9.78 Å². The first-order valence-corrected chi connectivity index (χ1v) is 6.12. The van der Waals surface area contributed by atoms with Crippen LogP contribution in [0.4, 0.5) is 18.9 Å². The predicted octanol–water partition coefficient (Wildman–Crippen LogP) is 3.54. The maximum Gasteiger partial charge on any atom is 0.168 e. The molecule has 0 radical (unpaired) electrons. The largest absolute Gasteiger partial charge is 0.396 e. The van der Waals surface area contributed by atoms with Gasteiger partial charge in [0.2, 0.25) is 0 Å². The van der Waals surface area contributed by atoms with Gasteiger partial charge in [-0.15, -0.1) is 0 Å². The van der Waals surface area contributed by atoms with E-state index in [1.807, 2.05) is 0 Å². The molecule has 0 unspecified atom stereocenters. The fraction of sp³-hybridized carbons (Fsp3) is 0. The molecule has 0 amide bonds. The zero-order valence-electron chi connectivity index (χ0n) is 10.7. The monoisotopic (exact) mass is 289 g/mol. The number of nitrogens with two attached hydrogens (primary N) is 1. The lowest BCUT2D eigenvalue weighted by molar-refractivity contribution is 0.511. The Morgan fingerprint density at radius 1 is 0.952 bits per heavy atom. The lowest BCUT2D eigenvalue weighted by Crippen LogP contribution is -1.96. The van der Waals surface area contributed by atoms with Crippen LogP contribution in [0.5, 0.6) is 0 Å². The number of benzene rings is 2. The molecule has 6 heteroatoms. The van der Waals surface area contributed by atoms with E-state index in [0.717, 1.165) is 6.07 Å².